The Morgan fingerprint density at radius 1 is 1.03 bits per heavy atom. The van der Waals surface area contributed by atoms with Gasteiger partial charge >= 0.3 is 0 Å². The number of nitrogens with one attached hydrogen (secondary N) is 1. The molecule has 1 unspecified atom stereocenters. The fourth-order valence-corrected chi connectivity index (χ4v) is 6.09. The lowest BCUT2D eigenvalue weighted by Crippen LogP contribution is -2.50. The monoisotopic (exact) mass is 472 g/mol. The van der Waals surface area contributed by atoms with E-state index in [4.69, 9.17) is 0 Å². The minimum absolute atomic E-state index is 0.0782. The largest absolute Gasteiger partial charge is 0.346 e. The average molecular weight is 473 g/mol. The molecule has 5 rings (SSSR count). The second-order valence-corrected chi connectivity index (χ2v) is 10.6. The van der Waals surface area contributed by atoms with Gasteiger partial charge in [0.25, 0.3) is 0 Å². The van der Waals surface area contributed by atoms with Crippen LogP contribution in [0, 0.1) is 12.8 Å². The van der Waals surface area contributed by atoms with Crippen molar-refractivity contribution in [2.75, 3.05) is 26.2 Å². The van der Waals surface area contributed by atoms with Crippen LogP contribution in [0.3, 0.4) is 0 Å². The van der Waals surface area contributed by atoms with Crippen LogP contribution in [0.5, 0.6) is 0 Å². The number of pyridine rings is 1. The molecule has 3 heterocycles. The smallest absolute Gasteiger partial charge is 0.233 e. The van der Waals surface area contributed by atoms with E-state index in [9.17, 15) is 9.59 Å². The number of hydrogen-bond donors (Lipinski definition) is 1. The van der Waals surface area contributed by atoms with Crippen LogP contribution in [0.4, 0.5) is 0 Å². The molecule has 184 valence electrons. The molecule has 6 nitrogen and oxygen atoms in total. The maximum atomic E-state index is 14.3. The molecule has 2 aliphatic rings. The maximum Gasteiger partial charge on any atom is 0.233 e. The number of rotatable bonds is 4. The van der Waals surface area contributed by atoms with Crippen molar-refractivity contribution in [2.45, 2.75) is 57.8 Å². The summed E-state index contributed by atoms with van der Waals surface area (Å²) in [7, 11) is 0. The van der Waals surface area contributed by atoms with Gasteiger partial charge in [-0.15, -0.1) is 0 Å². The zero-order chi connectivity index (χ0) is 24.4. The highest BCUT2D eigenvalue weighted by molar-refractivity contribution is 5.88. The van der Waals surface area contributed by atoms with Gasteiger partial charge in [0.05, 0.1) is 5.41 Å². The Bertz CT molecular complexity index is 1190. The van der Waals surface area contributed by atoms with Gasteiger partial charge < -0.3 is 14.8 Å². The summed E-state index contributed by atoms with van der Waals surface area (Å²) < 4.78 is 0. The predicted molar refractivity (Wildman–Crippen MR) is 138 cm³/mol. The van der Waals surface area contributed by atoms with Crippen LogP contribution in [-0.2, 0) is 21.4 Å². The van der Waals surface area contributed by atoms with Crippen molar-refractivity contribution in [3.8, 4) is 0 Å². The lowest BCUT2D eigenvalue weighted by molar-refractivity contribution is -0.139. The molecule has 0 bridgehead atoms. The quantitative estimate of drug-likeness (QED) is 0.602. The van der Waals surface area contributed by atoms with Crippen molar-refractivity contribution in [3.63, 3.8) is 0 Å². The average Bonchev–Trinajstić information content (AvgIpc) is 3.23. The van der Waals surface area contributed by atoms with E-state index in [-0.39, 0.29) is 17.7 Å². The Labute approximate surface area is 207 Å². The molecule has 1 aliphatic carbocycles. The molecule has 1 aliphatic heterocycles. The van der Waals surface area contributed by atoms with Crippen molar-refractivity contribution in [3.05, 3.63) is 65.5 Å². The Morgan fingerprint density at radius 2 is 1.74 bits per heavy atom. The molecule has 1 atom stereocenters. The normalized spacial score (nSPS) is 20.6. The molecule has 35 heavy (non-hydrogen) atoms. The van der Waals surface area contributed by atoms with Gasteiger partial charge in [-0.3, -0.25) is 9.59 Å². The number of aromatic amines is 1. The van der Waals surface area contributed by atoms with Crippen molar-refractivity contribution in [1.82, 2.24) is 19.8 Å². The third kappa shape index (κ3) is 4.84. The van der Waals surface area contributed by atoms with Crippen LogP contribution in [0.25, 0.3) is 11.0 Å². The van der Waals surface area contributed by atoms with E-state index in [1.54, 1.807) is 6.92 Å². The van der Waals surface area contributed by atoms with Gasteiger partial charge in [0.15, 0.2) is 0 Å². The van der Waals surface area contributed by atoms with E-state index in [1.165, 1.54) is 12.0 Å². The molecule has 1 N–H and O–H groups in total. The lowest BCUT2D eigenvalue weighted by atomic mass is 9.68. The minimum Gasteiger partial charge on any atom is -0.346 e. The fourth-order valence-electron chi connectivity index (χ4n) is 6.09. The molecule has 3 aromatic rings. The molecule has 0 spiro atoms. The molecule has 0 radical (unpaired) electrons. The number of benzene rings is 1. The summed E-state index contributed by atoms with van der Waals surface area (Å²) in [6.45, 7) is 6.25. The SMILES string of the molecule is CC(=O)N1CCN(C(=O)C2(c3ccc(C)cc3)CCCCC2)CC(Cc2cnc3[nH]ccc3c2)C1. The summed E-state index contributed by atoms with van der Waals surface area (Å²) in [5.74, 6) is 0.493. The van der Waals surface area contributed by atoms with E-state index < -0.39 is 5.41 Å². The molecular formula is C29H36N4O2. The summed E-state index contributed by atoms with van der Waals surface area (Å²) in [4.78, 5) is 38.4. The van der Waals surface area contributed by atoms with Crippen molar-refractivity contribution in [1.29, 1.82) is 0 Å². The van der Waals surface area contributed by atoms with Crippen LogP contribution in [0.15, 0.2) is 48.8 Å². The highest BCUT2D eigenvalue weighted by Crippen LogP contribution is 2.41. The molecule has 2 fully saturated rings. The standard InChI is InChI=1S/C29H36N4O2/c1-21-6-8-26(9-7-21)29(11-4-3-5-12-29)28(35)33-15-14-32(22(2)34)19-24(20-33)16-23-17-25-10-13-30-27(25)31-18-23/h6-10,13,17-18,24H,3-5,11-12,14-16,19-20H2,1-2H3,(H,30,31). The number of nitrogens with zero attached hydrogens (tertiary/aromatic N) is 3. The van der Waals surface area contributed by atoms with Crippen LogP contribution < -0.4 is 0 Å². The van der Waals surface area contributed by atoms with Crippen LogP contribution in [0.1, 0.15) is 55.7 Å². The highest BCUT2D eigenvalue weighted by Gasteiger charge is 2.44. The first kappa shape index (κ1) is 23.6. The Hall–Kier alpha value is -3.15. The number of carbonyl (C=O) groups excluding carboxylic acids is 2. The van der Waals surface area contributed by atoms with Gasteiger partial charge in [0.1, 0.15) is 5.65 Å². The van der Waals surface area contributed by atoms with Crippen LogP contribution in [0.2, 0.25) is 0 Å². The molecule has 6 heteroatoms. The lowest BCUT2D eigenvalue weighted by Gasteiger charge is -2.40. The van der Waals surface area contributed by atoms with E-state index in [1.807, 2.05) is 23.4 Å². The zero-order valence-electron chi connectivity index (χ0n) is 20.9. The first-order chi connectivity index (χ1) is 16.9. The van der Waals surface area contributed by atoms with E-state index in [2.05, 4.69) is 52.1 Å². The van der Waals surface area contributed by atoms with Gasteiger partial charge in [0.2, 0.25) is 11.8 Å². The Morgan fingerprint density at radius 3 is 2.49 bits per heavy atom. The van der Waals surface area contributed by atoms with Crippen LogP contribution >= 0.6 is 0 Å². The summed E-state index contributed by atoms with van der Waals surface area (Å²) >= 11 is 0. The summed E-state index contributed by atoms with van der Waals surface area (Å²) in [6, 6.07) is 12.8. The molecule has 1 saturated carbocycles. The maximum absolute atomic E-state index is 14.3. The van der Waals surface area contributed by atoms with E-state index in [0.717, 1.165) is 54.3 Å². The topological polar surface area (TPSA) is 69.3 Å². The second-order valence-electron chi connectivity index (χ2n) is 10.6. The van der Waals surface area contributed by atoms with Crippen molar-refractivity contribution in [2.24, 2.45) is 5.92 Å². The van der Waals surface area contributed by atoms with E-state index >= 15 is 0 Å². The van der Waals surface area contributed by atoms with Gasteiger partial charge in [-0.1, -0.05) is 49.1 Å². The Kier molecular flexibility index (Phi) is 6.63. The highest BCUT2D eigenvalue weighted by atomic mass is 16.2. The van der Waals surface area contributed by atoms with Gasteiger partial charge in [-0.25, -0.2) is 4.98 Å². The number of aryl methyl sites for hydroxylation is 1. The first-order valence-corrected chi connectivity index (χ1v) is 13.0. The number of fused-ring (bicyclic) bond motifs is 1. The third-order valence-electron chi connectivity index (χ3n) is 8.03. The molecule has 1 aromatic carbocycles. The van der Waals surface area contributed by atoms with Crippen molar-refractivity contribution >= 4 is 22.8 Å². The van der Waals surface area contributed by atoms with Crippen LogP contribution in [-0.4, -0.2) is 57.8 Å². The van der Waals surface area contributed by atoms with Gasteiger partial charge in [-0.2, -0.15) is 0 Å². The summed E-state index contributed by atoms with van der Waals surface area (Å²) in [6.07, 6.45) is 9.77. The zero-order valence-corrected chi connectivity index (χ0v) is 20.9. The molecular weight excluding hydrogens is 436 g/mol. The predicted octanol–water partition coefficient (Wildman–Crippen LogP) is 4.62. The number of amides is 2. The number of carbonyl (C=O) groups is 2. The van der Waals surface area contributed by atoms with E-state index in [0.29, 0.717) is 26.2 Å². The number of hydrogen-bond acceptors (Lipinski definition) is 3. The molecule has 1 saturated heterocycles. The Balaban J connectivity index is 1.43. The molecule has 2 amide bonds. The number of aromatic nitrogens is 2. The third-order valence-corrected chi connectivity index (χ3v) is 8.03. The summed E-state index contributed by atoms with van der Waals surface area (Å²) in [5.41, 5.74) is 3.94. The fraction of sp³-hybridized carbons (Fsp3) is 0.483. The van der Waals surface area contributed by atoms with Crippen molar-refractivity contribution < 1.29 is 9.59 Å². The first-order valence-electron chi connectivity index (χ1n) is 13.0. The van der Waals surface area contributed by atoms with Gasteiger partial charge in [0, 0.05) is 50.9 Å². The summed E-state index contributed by atoms with van der Waals surface area (Å²) in [5, 5.41) is 1.09. The molecule has 2 aromatic heterocycles. The number of H-pyrrole nitrogens is 1. The minimum atomic E-state index is -0.451. The van der Waals surface area contributed by atoms with Gasteiger partial charge in [-0.05, 0) is 55.4 Å². The second kappa shape index (κ2) is 9.84.